The third kappa shape index (κ3) is 4.54. The molecule has 2 nitrogen and oxygen atoms in total. The highest BCUT2D eigenvalue weighted by Gasteiger charge is 2.07. The van der Waals surface area contributed by atoms with E-state index in [1.165, 1.54) is 5.56 Å². The maximum absolute atomic E-state index is 6.05. The van der Waals surface area contributed by atoms with Crippen molar-refractivity contribution in [1.29, 1.82) is 0 Å². The van der Waals surface area contributed by atoms with Crippen molar-refractivity contribution in [3.05, 3.63) is 29.8 Å². The number of ether oxygens (including phenoxy) is 1. The molecule has 0 saturated carbocycles. The van der Waals surface area contributed by atoms with Crippen LogP contribution in [0.15, 0.2) is 24.3 Å². The Hall–Kier alpha value is -0.730. The Morgan fingerprint density at radius 2 is 1.73 bits per heavy atom. The fourth-order valence-corrected chi connectivity index (χ4v) is 1.50. The van der Waals surface area contributed by atoms with Crippen molar-refractivity contribution < 1.29 is 4.74 Å². The first-order valence-electron chi connectivity index (χ1n) is 5.03. The number of hydrogen-bond donors (Lipinski definition) is 1. The Labute approximate surface area is 98.2 Å². The molecule has 0 unspecified atom stereocenters. The van der Waals surface area contributed by atoms with Crippen molar-refractivity contribution in [3.8, 4) is 5.75 Å². The summed E-state index contributed by atoms with van der Waals surface area (Å²) >= 11 is 0. The zero-order valence-corrected chi connectivity index (χ0v) is 10.4. The van der Waals surface area contributed by atoms with Gasteiger partial charge < -0.3 is 10.5 Å². The number of hydrogen-bond acceptors (Lipinski definition) is 2. The van der Waals surface area contributed by atoms with E-state index in [9.17, 15) is 0 Å². The van der Waals surface area contributed by atoms with Gasteiger partial charge in [-0.15, -0.1) is 12.4 Å². The number of halogens is 1. The first-order chi connectivity index (χ1) is 6.63. The van der Waals surface area contributed by atoms with E-state index < -0.39 is 0 Å². The molecule has 0 amide bonds. The Kier molecular flexibility index (Phi) is 6.37. The first kappa shape index (κ1) is 14.3. The maximum Gasteiger partial charge on any atom is 0.118 e. The lowest BCUT2D eigenvalue weighted by Crippen LogP contribution is -2.12. The smallest absolute Gasteiger partial charge is 0.118 e. The molecular weight excluding hydrogens is 210 g/mol. The van der Waals surface area contributed by atoms with Crippen LogP contribution in [-0.4, -0.2) is 7.11 Å². The second-order valence-electron chi connectivity index (χ2n) is 4.01. The van der Waals surface area contributed by atoms with Gasteiger partial charge in [-0.1, -0.05) is 26.0 Å². The summed E-state index contributed by atoms with van der Waals surface area (Å²) in [7, 11) is 1.67. The van der Waals surface area contributed by atoms with Crippen molar-refractivity contribution in [2.24, 2.45) is 11.7 Å². The summed E-state index contributed by atoms with van der Waals surface area (Å²) in [5, 5.41) is 0. The van der Waals surface area contributed by atoms with Gasteiger partial charge >= 0.3 is 0 Å². The van der Waals surface area contributed by atoms with Gasteiger partial charge in [0.25, 0.3) is 0 Å². The molecule has 2 N–H and O–H groups in total. The molecule has 15 heavy (non-hydrogen) atoms. The Bertz CT molecular complexity index is 271. The molecule has 0 saturated heterocycles. The largest absolute Gasteiger partial charge is 0.497 e. The van der Waals surface area contributed by atoms with Gasteiger partial charge in [-0.05, 0) is 30.0 Å². The van der Waals surface area contributed by atoms with Crippen LogP contribution in [0, 0.1) is 5.92 Å². The summed E-state index contributed by atoms with van der Waals surface area (Å²) in [6.07, 6.45) is 1.02. The van der Waals surface area contributed by atoms with Crippen LogP contribution >= 0.6 is 12.4 Å². The van der Waals surface area contributed by atoms with Crippen LogP contribution in [0.25, 0.3) is 0 Å². The third-order valence-electron chi connectivity index (χ3n) is 2.27. The van der Waals surface area contributed by atoms with Gasteiger partial charge in [0.1, 0.15) is 5.75 Å². The quantitative estimate of drug-likeness (QED) is 0.861. The summed E-state index contributed by atoms with van der Waals surface area (Å²) in [6, 6.07) is 8.11. The zero-order chi connectivity index (χ0) is 10.6. The predicted octanol–water partition coefficient (Wildman–Crippen LogP) is 3.16. The molecule has 1 aromatic rings. The van der Waals surface area contributed by atoms with E-state index in [0.717, 1.165) is 12.2 Å². The fourth-order valence-electron chi connectivity index (χ4n) is 1.50. The maximum atomic E-state index is 6.05. The molecule has 0 radical (unpaired) electrons. The molecule has 0 fully saturated rings. The van der Waals surface area contributed by atoms with E-state index >= 15 is 0 Å². The summed E-state index contributed by atoms with van der Waals surface area (Å²) in [5.41, 5.74) is 7.23. The van der Waals surface area contributed by atoms with Crippen molar-refractivity contribution in [2.75, 3.05) is 7.11 Å². The van der Waals surface area contributed by atoms with E-state index in [2.05, 4.69) is 13.8 Å². The summed E-state index contributed by atoms with van der Waals surface area (Å²) in [6.45, 7) is 4.37. The fraction of sp³-hybridized carbons (Fsp3) is 0.500. The molecule has 0 bridgehead atoms. The average molecular weight is 230 g/mol. The van der Waals surface area contributed by atoms with Crippen molar-refractivity contribution in [3.63, 3.8) is 0 Å². The Balaban J connectivity index is 0.00000196. The molecule has 1 aromatic carbocycles. The van der Waals surface area contributed by atoms with Crippen LogP contribution in [0.4, 0.5) is 0 Å². The van der Waals surface area contributed by atoms with E-state index in [-0.39, 0.29) is 18.4 Å². The molecule has 86 valence electrons. The first-order valence-corrected chi connectivity index (χ1v) is 5.03. The van der Waals surface area contributed by atoms with Crippen LogP contribution in [0.2, 0.25) is 0 Å². The van der Waals surface area contributed by atoms with Gasteiger partial charge in [0.2, 0.25) is 0 Å². The summed E-state index contributed by atoms with van der Waals surface area (Å²) < 4.78 is 5.09. The average Bonchev–Trinajstić information content (AvgIpc) is 2.17. The molecule has 0 aromatic heterocycles. The Morgan fingerprint density at radius 1 is 1.20 bits per heavy atom. The van der Waals surface area contributed by atoms with Gasteiger partial charge in [-0.25, -0.2) is 0 Å². The Morgan fingerprint density at radius 3 is 2.13 bits per heavy atom. The molecule has 0 aliphatic carbocycles. The highest BCUT2D eigenvalue weighted by molar-refractivity contribution is 5.85. The monoisotopic (exact) mass is 229 g/mol. The molecule has 0 spiro atoms. The number of methoxy groups -OCH3 is 1. The van der Waals surface area contributed by atoms with Gasteiger partial charge in [0, 0.05) is 6.04 Å². The molecule has 0 aliphatic rings. The van der Waals surface area contributed by atoms with Crippen molar-refractivity contribution in [1.82, 2.24) is 0 Å². The highest BCUT2D eigenvalue weighted by Crippen LogP contribution is 2.20. The molecule has 3 heteroatoms. The van der Waals surface area contributed by atoms with Crippen LogP contribution in [-0.2, 0) is 0 Å². The minimum atomic E-state index is 0. The minimum absolute atomic E-state index is 0. The molecule has 1 atom stereocenters. The van der Waals surface area contributed by atoms with Gasteiger partial charge in [-0.2, -0.15) is 0 Å². The van der Waals surface area contributed by atoms with Gasteiger partial charge in [0.15, 0.2) is 0 Å². The summed E-state index contributed by atoms with van der Waals surface area (Å²) in [5.74, 6) is 1.51. The van der Waals surface area contributed by atoms with E-state index in [1.807, 2.05) is 24.3 Å². The van der Waals surface area contributed by atoms with Gasteiger partial charge in [-0.3, -0.25) is 0 Å². The van der Waals surface area contributed by atoms with Crippen LogP contribution in [0.3, 0.4) is 0 Å². The van der Waals surface area contributed by atoms with E-state index in [1.54, 1.807) is 7.11 Å². The molecular formula is C12H20ClNO. The number of nitrogens with two attached hydrogens (primary N) is 1. The van der Waals surface area contributed by atoms with Crippen LogP contribution in [0.1, 0.15) is 31.9 Å². The predicted molar refractivity (Wildman–Crippen MR) is 66.6 cm³/mol. The van der Waals surface area contributed by atoms with E-state index in [0.29, 0.717) is 5.92 Å². The lowest BCUT2D eigenvalue weighted by Gasteiger charge is -2.14. The standard InChI is InChI=1S/C12H19NO.ClH/c1-9(2)8-12(13)10-4-6-11(14-3)7-5-10;/h4-7,9,12H,8,13H2,1-3H3;1H/t12-;/m0./s1. The molecule has 0 heterocycles. The van der Waals surface area contributed by atoms with Crippen molar-refractivity contribution in [2.45, 2.75) is 26.3 Å². The normalized spacial score (nSPS) is 12.1. The SMILES string of the molecule is COc1ccc([C@@H](N)CC(C)C)cc1.Cl. The zero-order valence-electron chi connectivity index (χ0n) is 9.57. The number of rotatable bonds is 4. The van der Waals surface area contributed by atoms with Crippen LogP contribution in [0.5, 0.6) is 5.75 Å². The number of benzene rings is 1. The third-order valence-corrected chi connectivity index (χ3v) is 2.27. The summed E-state index contributed by atoms with van der Waals surface area (Å²) in [4.78, 5) is 0. The molecule has 0 aliphatic heterocycles. The molecule has 1 rings (SSSR count). The highest BCUT2D eigenvalue weighted by atomic mass is 35.5. The lowest BCUT2D eigenvalue weighted by molar-refractivity contribution is 0.414. The van der Waals surface area contributed by atoms with Crippen molar-refractivity contribution >= 4 is 12.4 Å². The second kappa shape index (κ2) is 6.70. The minimum Gasteiger partial charge on any atom is -0.497 e. The van der Waals surface area contributed by atoms with E-state index in [4.69, 9.17) is 10.5 Å². The lowest BCUT2D eigenvalue weighted by atomic mass is 9.98. The topological polar surface area (TPSA) is 35.2 Å². The van der Waals surface area contributed by atoms with Crippen LogP contribution < -0.4 is 10.5 Å². The second-order valence-corrected chi connectivity index (χ2v) is 4.01. The van der Waals surface area contributed by atoms with Gasteiger partial charge in [0.05, 0.1) is 7.11 Å².